The Bertz CT molecular complexity index is 792. The summed E-state index contributed by atoms with van der Waals surface area (Å²) in [6, 6.07) is 5.75. The Labute approximate surface area is 133 Å². The van der Waals surface area contributed by atoms with Gasteiger partial charge in [0.25, 0.3) is 0 Å². The molecule has 3 heterocycles. The number of furan rings is 1. The first kappa shape index (κ1) is 15.0. The minimum absolute atomic E-state index is 0.309. The highest BCUT2D eigenvalue weighted by molar-refractivity contribution is 7.18. The van der Waals surface area contributed by atoms with Gasteiger partial charge in [-0.25, -0.2) is 9.97 Å². The molecule has 2 N–H and O–H groups in total. The van der Waals surface area contributed by atoms with Crippen LogP contribution in [-0.2, 0) is 12.0 Å². The minimum atomic E-state index is -1.10. The van der Waals surface area contributed by atoms with Gasteiger partial charge in [-0.05, 0) is 38.5 Å². The smallest absolute Gasteiger partial charge is 0.138 e. The topological polar surface area (TPSA) is 71.2 Å². The molecule has 0 aliphatic rings. The zero-order valence-corrected chi connectivity index (χ0v) is 13.7. The van der Waals surface area contributed by atoms with Crippen molar-refractivity contribution in [3.05, 3.63) is 40.9 Å². The minimum Gasteiger partial charge on any atom is -0.463 e. The number of aliphatic hydroxyl groups is 1. The van der Waals surface area contributed by atoms with Gasteiger partial charge in [-0.2, -0.15) is 0 Å². The van der Waals surface area contributed by atoms with Gasteiger partial charge in [-0.3, -0.25) is 0 Å². The van der Waals surface area contributed by atoms with Crippen molar-refractivity contribution in [2.45, 2.75) is 32.8 Å². The number of thiophene rings is 1. The summed E-state index contributed by atoms with van der Waals surface area (Å²) < 4.78 is 5.53. The van der Waals surface area contributed by atoms with Crippen LogP contribution in [0.5, 0.6) is 0 Å². The van der Waals surface area contributed by atoms with E-state index in [1.54, 1.807) is 30.7 Å². The lowest BCUT2D eigenvalue weighted by molar-refractivity contribution is 0.0467. The molecule has 0 aliphatic carbocycles. The zero-order valence-electron chi connectivity index (χ0n) is 12.9. The summed E-state index contributed by atoms with van der Waals surface area (Å²) in [6.45, 7) is 6.01. The first-order valence-corrected chi connectivity index (χ1v) is 8.08. The molecule has 0 saturated heterocycles. The van der Waals surface area contributed by atoms with Gasteiger partial charge in [-0.1, -0.05) is 6.92 Å². The first-order chi connectivity index (χ1) is 10.5. The summed E-state index contributed by atoms with van der Waals surface area (Å²) >= 11 is 1.67. The molecule has 0 amide bonds. The molecule has 0 spiro atoms. The summed E-state index contributed by atoms with van der Waals surface area (Å²) in [4.78, 5) is 10.8. The molecular formula is C16H19N3O2S. The van der Waals surface area contributed by atoms with Gasteiger partial charge in [0, 0.05) is 4.88 Å². The molecule has 6 heteroatoms. The third-order valence-electron chi connectivity index (χ3n) is 3.60. The number of nitrogens with one attached hydrogen (secondary N) is 1. The van der Waals surface area contributed by atoms with Crippen LogP contribution >= 0.6 is 11.3 Å². The molecule has 5 nitrogen and oxygen atoms in total. The lowest BCUT2D eigenvalue weighted by Crippen LogP contribution is -2.30. The van der Waals surface area contributed by atoms with Crippen LogP contribution in [0.2, 0.25) is 0 Å². The second-order valence-corrected chi connectivity index (χ2v) is 6.66. The van der Waals surface area contributed by atoms with Crippen LogP contribution in [0.3, 0.4) is 0 Å². The summed E-state index contributed by atoms with van der Waals surface area (Å²) in [5, 5.41) is 14.8. The van der Waals surface area contributed by atoms with E-state index < -0.39 is 5.60 Å². The van der Waals surface area contributed by atoms with Gasteiger partial charge < -0.3 is 14.8 Å². The van der Waals surface area contributed by atoms with Gasteiger partial charge in [0.05, 0.1) is 11.9 Å². The van der Waals surface area contributed by atoms with Crippen LogP contribution in [0.4, 0.5) is 5.82 Å². The molecular weight excluding hydrogens is 298 g/mol. The van der Waals surface area contributed by atoms with Crippen LogP contribution in [0.25, 0.3) is 10.2 Å². The molecule has 116 valence electrons. The van der Waals surface area contributed by atoms with Crippen molar-refractivity contribution in [3.63, 3.8) is 0 Å². The lowest BCUT2D eigenvalue weighted by atomic mass is 10.0. The number of rotatable bonds is 5. The predicted molar refractivity (Wildman–Crippen MR) is 88.3 cm³/mol. The molecule has 0 aliphatic heterocycles. The molecule has 0 bridgehead atoms. The van der Waals surface area contributed by atoms with Gasteiger partial charge in [0.1, 0.15) is 34.1 Å². The Morgan fingerprint density at radius 2 is 2.18 bits per heavy atom. The summed E-state index contributed by atoms with van der Waals surface area (Å²) in [5.74, 6) is 2.07. The van der Waals surface area contributed by atoms with E-state index in [1.165, 1.54) is 4.88 Å². The van der Waals surface area contributed by atoms with E-state index in [0.29, 0.717) is 12.3 Å². The fourth-order valence-corrected chi connectivity index (χ4v) is 3.22. The highest BCUT2D eigenvalue weighted by atomic mass is 32.1. The number of nitrogens with zero attached hydrogens (tertiary/aromatic N) is 2. The summed E-state index contributed by atoms with van der Waals surface area (Å²) in [5.41, 5.74) is -1.10. The molecule has 3 rings (SSSR count). The number of anilines is 1. The average molecular weight is 317 g/mol. The highest BCUT2D eigenvalue weighted by Gasteiger charge is 2.27. The van der Waals surface area contributed by atoms with Crippen LogP contribution < -0.4 is 5.32 Å². The normalized spacial score (nSPS) is 14.2. The summed E-state index contributed by atoms with van der Waals surface area (Å²) in [6.07, 6.45) is 2.52. The monoisotopic (exact) mass is 317 g/mol. The Morgan fingerprint density at radius 3 is 2.86 bits per heavy atom. The van der Waals surface area contributed by atoms with Crippen molar-refractivity contribution in [1.82, 2.24) is 9.97 Å². The molecule has 0 saturated carbocycles. The van der Waals surface area contributed by atoms with E-state index in [9.17, 15) is 5.11 Å². The Kier molecular flexibility index (Phi) is 3.88. The maximum absolute atomic E-state index is 10.6. The maximum Gasteiger partial charge on any atom is 0.138 e. The molecule has 1 unspecified atom stereocenters. The largest absolute Gasteiger partial charge is 0.463 e. The van der Waals surface area contributed by atoms with Gasteiger partial charge in [0.15, 0.2) is 0 Å². The summed E-state index contributed by atoms with van der Waals surface area (Å²) in [7, 11) is 0. The van der Waals surface area contributed by atoms with Crippen molar-refractivity contribution < 1.29 is 9.52 Å². The molecule has 3 aromatic rings. The van der Waals surface area contributed by atoms with E-state index in [0.717, 1.165) is 28.2 Å². The van der Waals surface area contributed by atoms with Crippen molar-refractivity contribution in [2.75, 3.05) is 11.9 Å². The number of aromatic nitrogens is 2. The first-order valence-electron chi connectivity index (χ1n) is 7.26. The number of hydrogen-bond acceptors (Lipinski definition) is 6. The van der Waals surface area contributed by atoms with E-state index in [-0.39, 0.29) is 0 Å². The van der Waals surface area contributed by atoms with Gasteiger partial charge in [0.2, 0.25) is 0 Å². The fraction of sp³-hybridized carbons (Fsp3) is 0.375. The quantitative estimate of drug-likeness (QED) is 0.754. The van der Waals surface area contributed by atoms with Crippen molar-refractivity contribution in [3.8, 4) is 0 Å². The Hall–Kier alpha value is -1.92. The van der Waals surface area contributed by atoms with Crippen LogP contribution in [0.1, 0.15) is 30.2 Å². The lowest BCUT2D eigenvalue weighted by Gasteiger charge is -2.21. The van der Waals surface area contributed by atoms with E-state index in [4.69, 9.17) is 4.42 Å². The van der Waals surface area contributed by atoms with Crippen LogP contribution in [-0.4, -0.2) is 21.6 Å². The molecule has 0 aromatic carbocycles. The molecule has 3 aromatic heterocycles. The maximum atomic E-state index is 10.6. The third kappa shape index (κ3) is 2.84. The van der Waals surface area contributed by atoms with E-state index >= 15 is 0 Å². The predicted octanol–water partition coefficient (Wildman–Crippen LogP) is 3.47. The number of fused-ring (bicyclic) bond motifs is 1. The van der Waals surface area contributed by atoms with Crippen molar-refractivity contribution >= 4 is 27.4 Å². The molecule has 0 radical (unpaired) electrons. The van der Waals surface area contributed by atoms with Crippen LogP contribution in [0.15, 0.2) is 28.9 Å². The van der Waals surface area contributed by atoms with Crippen molar-refractivity contribution in [2.24, 2.45) is 0 Å². The third-order valence-corrected chi connectivity index (χ3v) is 4.79. The fourth-order valence-electron chi connectivity index (χ4n) is 2.29. The molecule has 22 heavy (non-hydrogen) atoms. The second kappa shape index (κ2) is 5.70. The average Bonchev–Trinajstić information content (AvgIpc) is 3.11. The molecule has 1 atom stereocenters. The Balaban J connectivity index is 1.83. The number of hydrogen-bond donors (Lipinski definition) is 2. The Morgan fingerprint density at radius 1 is 1.36 bits per heavy atom. The molecule has 0 fully saturated rings. The standard InChI is InChI=1S/C16H19N3O2S/c1-4-11-7-12-14(18-9-19-15(12)22-11)17-8-16(3,20)13-6-5-10(2)21-13/h5-7,9,20H,4,8H2,1-3H3,(H,17,18,19). The zero-order chi connectivity index (χ0) is 15.7. The van der Waals surface area contributed by atoms with Crippen LogP contribution in [0, 0.1) is 6.92 Å². The van der Waals surface area contributed by atoms with E-state index in [2.05, 4.69) is 28.3 Å². The second-order valence-electron chi connectivity index (χ2n) is 5.55. The van der Waals surface area contributed by atoms with Gasteiger partial charge in [-0.15, -0.1) is 11.3 Å². The number of aryl methyl sites for hydroxylation is 2. The highest BCUT2D eigenvalue weighted by Crippen LogP contribution is 2.29. The van der Waals surface area contributed by atoms with Gasteiger partial charge >= 0.3 is 0 Å². The SMILES string of the molecule is CCc1cc2c(NCC(C)(O)c3ccc(C)o3)ncnc2s1. The van der Waals surface area contributed by atoms with E-state index in [1.807, 2.05) is 13.0 Å². The van der Waals surface area contributed by atoms with Crippen molar-refractivity contribution in [1.29, 1.82) is 0 Å².